The molecule has 0 saturated carbocycles. The molecule has 158 valence electrons. The van der Waals surface area contributed by atoms with Crippen LogP contribution in [-0.2, 0) is 9.59 Å². The van der Waals surface area contributed by atoms with E-state index in [1.807, 2.05) is 18.4 Å². The Hall–Kier alpha value is -3.65. The first-order valence-corrected chi connectivity index (χ1v) is 10.3. The number of Topliss-reactive ketones (excluding diaryl/α,β-unsaturated/α-hetero) is 1. The van der Waals surface area contributed by atoms with Crippen molar-refractivity contribution in [2.75, 3.05) is 19.1 Å². The minimum absolute atomic E-state index is 0.0385. The van der Waals surface area contributed by atoms with Crippen LogP contribution in [0.2, 0.25) is 0 Å². The van der Waals surface area contributed by atoms with E-state index < -0.39 is 17.7 Å². The lowest BCUT2D eigenvalue weighted by Crippen LogP contribution is -2.29. The van der Waals surface area contributed by atoms with Gasteiger partial charge in [-0.25, -0.2) is 0 Å². The van der Waals surface area contributed by atoms with Gasteiger partial charge in [-0.1, -0.05) is 0 Å². The summed E-state index contributed by atoms with van der Waals surface area (Å²) in [5.74, 6) is -0.773. The van der Waals surface area contributed by atoms with Gasteiger partial charge in [-0.15, -0.1) is 11.3 Å². The van der Waals surface area contributed by atoms with Gasteiger partial charge in [0.15, 0.2) is 11.5 Å². The summed E-state index contributed by atoms with van der Waals surface area (Å²) in [6, 6.07) is 9.35. The molecule has 4 rings (SSSR count). The molecule has 1 amide bonds. The lowest BCUT2D eigenvalue weighted by molar-refractivity contribution is -0.132. The molecule has 0 bridgehead atoms. The van der Waals surface area contributed by atoms with E-state index in [4.69, 9.17) is 9.47 Å². The summed E-state index contributed by atoms with van der Waals surface area (Å²) in [4.78, 5) is 32.4. The number of ether oxygens (including phenoxy) is 2. The van der Waals surface area contributed by atoms with Crippen molar-refractivity contribution in [3.63, 3.8) is 0 Å². The molecule has 1 aromatic carbocycles. The molecule has 31 heavy (non-hydrogen) atoms. The van der Waals surface area contributed by atoms with E-state index in [0.29, 0.717) is 22.7 Å². The zero-order chi connectivity index (χ0) is 22.1. The second-order valence-electron chi connectivity index (χ2n) is 6.91. The molecule has 1 N–H and O–H groups in total. The molecule has 1 unspecified atom stereocenters. The van der Waals surface area contributed by atoms with E-state index in [1.54, 1.807) is 30.3 Å². The molecule has 1 saturated heterocycles. The summed E-state index contributed by atoms with van der Waals surface area (Å²) >= 11 is 1.42. The maximum atomic E-state index is 13.2. The average Bonchev–Trinajstić information content (AvgIpc) is 3.33. The minimum Gasteiger partial charge on any atom is -0.507 e. The Morgan fingerprint density at radius 3 is 2.39 bits per heavy atom. The highest BCUT2D eigenvalue weighted by Gasteiger charge is 2.48. The predicted molar refractivity (Wildman–Crippen MR) is 118 cm³/mol. The minimum atomic E-state index is -0.772. The summed E-state index contributed by atoms with van der Waals surface area (Å²) in [5.41, 5.74) is 1.84. The number of nitrogens with zero attached hydrogens (tertiary/aromatic N) is 2. The van der Waals surface area contributed by atoms with Gasteiger partial charge in [-0.2, -0.15) is 0 Å². The smallest absolute Gasteiger partial charge is 0.300 e. The number of aromatic nitrogens is 1. The van der Waals surface area contributed by atoms with E-state index in [1.165, 1.54) is 42.8 Å². The molecule has 7 nitrogen and oxygen atoms in total. The van der Waals surface area contributed by atoms with Crippen molar-refractivity contribution >= 4 is 34.5 Å². The number of hydrogen-bond donors (Lipinski definition) is 1. The second-order valence-corrected chi connectivity index (χ2v) is 7.86. The topological polar surface area (TPSA) is 89.0 Å². The van der Waals surface area contributed by atoms with Gasteiger partial charge in [0.2, 0.25) is 0 Å². The van der Waals surface area contributed by atoms with Gasteiger partial charge in [0, 0.05) is 34.6 Å². The van der Waals surface area contributed by atoms with E-state index >= 15 is 0 Å². The number of carbonyl (C=O) groups is 2. The van der Waals surface area contributed by atoms with Gasteiger partial charge in [-0.05, 0) is 48.2 Å². The Morgan fingerprint density at radius 1 is 1.06 bits per heavy atom. The first kappa shape index (κ1) is 20.6. The number of aryl methyl sites for hydroxylation is 1. The summed E-state index contributed by atoms with van der Waals surface area (Å²) in [6.45, 7) is 1.91. The van der Waals surface area contributed by atoms with Crippen molar-refractivity contribution < 1.29 is 24.2 Å². The maximum Gasteiger partial charge on any atom is 0.300 e. The third-order valence-corrected chi connectivity index (χ3v) is 6.26. The zero-order valence-corrected chi connectivity index (χ0v) is 18.0. The van der Waals surface area contributed by atoms with Crippen LogP contribution < -0.4 is 14.4 Å². The number of aliphatic hydroxyl groups is 1. The van der Waals surface area contributed by atoms with Crippen LogP contribution in [0.1, 0.15) is 22.0 Å². The summed E-state index contributed by atoms with van der Waals surface area (Å²) in [7, 11) is 3.02. The lowest BCUT2D eigenvalue weighted by atomic mass is 9.98. The monoisotopic (exact) mass is 436 g/mol. The number of rotatable bonds is 5. The number of carbonyl (C=O) groups excluding carboxylic acids is 2. The number of ketones is 1. The normalized spacial score (nSPS) is 17.8. The van der Waals surface area contributed by atoms with Crippen LogP contribution in [0.5, 0.6) is 11.5 Å². The largest absolute Gasteiger partial charge is 0.507 e. The quantitative estimate of drug-likeness (QED) is 0.368. The molecule has 1 atom stereocenters. The third kappa shape index (κ3) is 3.44. The first-order chi connectivity index (χ1) is 15.0. The second kappa shape index (κ2) is 8.23. The lowest BCUT2D eigenvalue weighted by Gasteiger charge is -2.25. The Balaban J connectivity index is 1.94. The highest BCUT2D eigenvalue weighted by atomic mass is 32.1. The first-order valence-electron chi connectivity index (χ1n) is 9.45. The van der Waals surface area contributed by atoms with Crippen molar-refractivity contribution in [1.82, 2.24) is 4.98 Å². The fourth-order valence-electron chi connectivity index (χ4n) is 3.65. The van der Waals surface area contributed by atoms with Crippen LogP contribution >= 0.6 is 11.3 Å². The van der Waals surface area contributed by atoms with Crippen molar-refractivity contribution in [3.8, 4) is 11.5 Å². The molecule has 2 aromatic heterocycles. The Labute approximate surface area is 183 Å². The Kier molecular flexibility index (Phi) is 5.48. The molecule has 0 spiro atoms. The summed E-state index contributed by atoms with van der Waals surface area (Å²) in [5, 5.41) is 12.9. The number of amides is 1. The summed E-state index contributed by atoms with van der Waals surface area (Å²) < 4.78 is 10.7. The average molecular weight is 436 g/mol. The third-order valence-electron chi connectivity index (χ3n) is 5.19. The number of benzene rings is 1. The van der Waals surface area contributed by atoms with Crippen LogP contribution in [-0.4, -0.2) is 36.0 Å². The number of anilines is 1. The van der Waals surface area contributed by atoms with Crippen LogP contribution in [0.15, 0.2) is 59.7 Å². The van der Waals surface area contributed by atoms with Gasteiger partial charge in [0.1, 0.15) is 11.8 Å². The SMILES string of the molecule is COc1ccc(N2C(=O)C(=O)/C(=C(\O)c3ccncc3)C2c2sccc2C)cc1OC. The molecule has 3 aromatic rings. The zero-order valence-electron chi connectivity index (χ0n) is 17.2. The standard InChI is InChI=1S/C23H20N2O5S/c1-13-8-11-31-22(13)19-18(20(26)14-6-9-24-10-7-14)21(27)23(28)25(19)15-4-5-16(29-2)17(12-15)30-3/h4-12,19,26H,1-3H3/b20-18-. The fraction of sp³-hybridized carbons (Fsp3) is 0.174. The fourth-order valence-corrected chi connectivity index (χ4v) is 4.68. The van der Waals surface area contributed by atoms with Gasteiger partial charge in [0.25, 0.3) is 11.7 Å². The van der Waals surface area contributed by atoms with Gasteiger partial charge in [-0.3, -0.25) is 19.5 Å². The Morgan fingerprint density at radius 2 is 1.77 bits per heavy atom. The van der Waals surface area contributed by atoms with Crippen molar-refractivity contribution in [1.29, 1.82) is 0 Å². The van der Waals surface area contributed by atoms with E-state index in [-0.39, 0.29) is 11.3 Å². The number of aliphatic hydroxyl groups excluding tert-OH is 1. The number of hydrogen-bond acceptors (Lipinski definition) is 7. The van der Waals surface area contributed by atoms with Crippen molar-refractivity contribution in [3.05, 3.63) is 75.7 Å². The van der Waals surface area contributed by atoms with Gasteiger partial charge >= 0.3 is 0 Å². The predicted octanol–water partition coefficient (Wildman–Crippen LogP) is 4.10. The number of thiophene rings is 1. The van der Waals surface area contributed by atoms with Crippen molar-refractivity contribution in [2.24, 2.45) is 0 Å². The molecule has 8 heteroatoms. The van der Waals surface area contributed by atoms with Crippen LogP contribution in [0.3, 0.4) is 0 Å². The molecule has 0 radical (unpaired) electrons. The van der Waals surface area contributed by atoms with Crippen LogP contribution in [0, 0.1) is 6.92 Å². The molecular formula is C23H20N2O5S. The van der Waals surface area contributed by atoms with Gasteiger partial charge < -0.3 is 14.6 Å². The highest BCUT2D eigenvalue weighted by molar-refractivity contribution is 7.10. The number of pyridine rings is 1. The molecule has 1 aliphatic heterocycles. The molecular weight excluding hydrogens is 416 g/mol. The summed E-state index contributed by atoms with van der Waals surface area (Å²) in [6.07, 6.45) is 3.04. The Bertz CT molecular complexity index is 1190. The van der Waals surface area contributed by atoms with Gasteiger partial charge in [0.05, 0.1) is 19.8 Å². The van der Waals surface area contributed by atoms with E-state index in [0.717, 1.165) is 10.4 Å². The maximum absolute atomic E-state index is 13.2. The van der Waals surface area contributed by atoms with Crippen molar-refractivity contribution in [2.45, 2.75) is 13.0 Å². The van der Waals surface area contributed by atoms with Crippen LogP contribution in [0.4, 0.5) is 5.69 Å². The van der Waals surface area contributed by atoms with E-state index in [2.05, 4.69) is 4.98 Å². The van der Waals surface area contributed by atoms with E-state index in [9.17, 15) is 14.7 Å². The number of methoxy groups -OCH3 is 2. The molecule has 1 aliphatic rings. The molecule has 0 aliphatic carbocycles. The molecule has 3 heterocycles. The van der Waals surface area contributed by atoms with Crippen LogP contribution in [0.25, 0.3) is 5.76 Å². The molecule has 1 fully saturated rings. The highest BCUT2D eigenvalue weighted by Crippen LogP contribution is 2.46.